The number of pyridine rings is 2. The number of amides is 2. The van der Waals surface area contributed by atoms with Crippen molar-refractivity contribution < 1.29 is 85.9 Å². The number of carbonyl (C=O) groups excluding carboxylic acids is 5. The van der Waals surface area contributed by atoms with Crippen molar-refractivity contribution in [3.8, 4) is 23.0 Å². The van der Waals surface area contributed by atoms with E-state index in [-0.39, 0.29) is 86.3 Å². The van der Waals surface area contributed by atoms with Gasteiger partial charge in [0.25, 0.3) is 11.8 Å². The molecule has 9 unspecified atom stereocenters. The normalized spacial score (nSPS) is 24.0. The first kappa shape index (κ1) is 60.2. The van der Waals surface area contributed by atoms with Crippen LogP contribution in [0.2, 0.25) is 0 Å². The summed E-state index contributed by atoms with van der Waals surface area (Å²) in [5.41, 5.74) is -2.29. The Bertz CT molecular complexity index is 2120. The number of nitrogens with one attached hydrogen (secondary N) is 2. The third kappa shape index (κ3) is 17.9. The second-order valence-corrected chi connectivity index (χ2v) is 19.7. The standard InChI is InChI=1S/C51H78N4O18/c1-14-50(9,10)73-44-37(71-49(61)34(25-64-26-38(44)66-22-29(3)4)54-46(58)40-42(57)35(62-12)17-20-52-40)16-19-51(11,15-2)72-39-27-65-24-33(48(60)70-31(7)43(39)67-23-30(5)6)55-47(59)41-45(69-28-68-32(8)56)36(63-13)18-21-53-41/h17-18,20-21,29-31,33-34,37-39,43-44,57H,14-16,19,22-28H2,1-13H3,(H,54,58)(H,55,59). The van der Waals surface area contributed by atoms with Crippen LogP contribution >= 0.6 is 0 Å². The van der Waals surface area contributed by atoms with Gasteiger partial charge in [0.2, 0.25) is 6.79 Å². The Hall–Kier alpha value is -5.39. The summed E-state index contributed by atoms with van der Waals surface area (Å²) in [5.74, 6) is -4.19. The molecule has 2 amide bonds. The lowest BCUT2D eigenvalue weighted by Gasteiger charge is -2.41. The third-order valence-electron chi connectivity index (χ3n) is 12.2. The molecule has 2 aromatic heterocycles. The summed E-state index contributed by atoms with van der Waals surface area (Å²) in [5, 5.41) is 16.0. The number of cyclic esters (lactones) is 2. The molecule has 4 heterocycles. The Balaban J connectivity index is 1.65. The first-order chi connectivity index (χ1) is 34.5. The Morgan fingerprint density at radius 3 is 1.90 bits per heavy atom. The maximum Gasteiger partial charge on any atom is 0.331 e. The van der Waals surface area contributed by atoms with E-state index in [0.29, 0.717) is 19.4 Å². The van der Waals surface area contributed by atoms with Crippen LogP contribution < -0.4 is 24.8 Å². The predicted molar refractivity (Wildman–Crippen MR) is 261 cm³/mol. The molecule has 0 bridgehead atoms. The number of nitrogens with zero attached hydrogens (tertiary/aromatic N) is 2. The van der Waals surface area contributed by atoms with Crippen LogP contribution in [0.1, 0.15) is 123 Å². The number of aromatic hydroxyl groups is 1. The fourth-order valence-corrected chi connectivity index (χ4v) is 7.65. The molecule has 2 saturated heterocycles. The summed E-state index contributed by atoms with van der Waals surface area (Å²) in [6, 6.07) is 0.187. The van der Waals surface area contributed by atoms with Crippen LogP contribution in [0.15, 0.2) is 24.5 Å². The highest BCUT2D eigenvalue weighted by Crippen LogP contribution is 2.34. The van der Waals surface area contributed by atoms with E-state index in [9.17, 15) is 29.1 Å². The van der Waals surface area contributed by atoms with Gasteiger partial charge in [0.1, 0.15) is 36.6 Å². The van der Waals surface area contributed by atoms with E-state index in [0.717, 1.165) is 0 Å². The van der Waals surface area contributed by atoms with Crippen molar-refractivity contribution in [2.24, 2.45) is 11.8 Å². The fourth-order valence-electron chi connectivity index (χ4n) is 7.65. The summed E-state index contributed by atoms with van der Waals surface area (Å²) >= 11 is 0. The second-order valence-electron chi connectivity index (χ2n) is 19.7. The minimum atomic E-state index is -1.33. The van der Waals surface area contributed by atoms with Crippen LogP contribution in [0.25, 0.3) is 0 Å². The van der Waals surface area contributed by atoms with E-state index in [1.54, 1.807) is 6.92 Å². The molecule has 2 aliphatic rings. The van der Waals surface area contributed by atoms with Crippen LogP contribution in [0.5, 0.6) is 23.0 Å². The summed E-state index contributed by atoms with van der Waals surface area (Å²) in [6.45, 7) is 19.9. The van der Waals surface area contributed by atoms with Gasteiger partial charge in [-0.25, -0.2) is 19.6 Å². The van der Waals surface area contributed by atoms with Gasteiger partial charge in [-0.1, -0.05) is 41.5 Å². The predicted octanol–water partition coefficient (Wildman–Crippen LogP) is 4.89. The van der Waals surface area contributed by atoms with Crippen LogP contribution in [0, 0.1) is 11.8 Å². The Morgan fingerprint density at radius 2 is 1.33 bits per heavy atom. The third-order valence-corrected chi connectivity index (χ3v) is 12.2. The van der Waals surface area contributed by atoms with E-state index in [1.807, 2.05) is 62.3 Å². The smallest absolute Gasteiger partial charge is 0.331 e. The van der Waals surface area contributed by atoms with Gasteiger partial charge in [-0.3, -0.25) is 14.4 Å². The average molecular weight is 1040 g/mol. The van der Waals surface area contributed by atoms with Crippen molar-refractivity contribution in [3.05, 3.63) is 35.9 Å². The van der Waals surface area contributed by atoms with Gasteiger partial charge < -0.3 is 72.6 Å². The Morgan fingerprint density at radius 1 is 0.767 bits per heavy atom. The number of rotatable bonds is 24. The largest absolute Gasteiger partial charge is 0.503 e. The van der Waals surface area contributed by atoms with Gasteiger partial charge in [0.05, 0.1) is 51.8 Å². The van der Waals surface area contributed by atoms with Crippen molar-refractivity contribution in [2.45, 2.75) is 162 Å². The molecule has 73 heavy (non-hydrogen) atoms. The van der Waals surface area contributed by atoms with Crippen molar-refractivity contribution in [1.29, 1.82) is 0 Å². The molecule has 22 heteroatoms. The van der Waals surface area contributed by atoms with Crippen LogP contribution in [-0.2, 0) is 57.0 Å². The van der Waals surface area contributed by atoms with E-state index in [1.165, 1.54) is 45.7 Å². The zero-order valence-electron chi connectivity index (χ0n) is 44.6. The maximum atomic E-state index is 14.3. The SMILES string of the molecule is CCC(C)(C)OC1C(OCC(C)C)COCC(NC(=O)c2nccc(OC)c2O)C(=O)OC1CCC(C)(CC)OC1COCC(NC(=O)c2nccc(OC)c2OCOC(C)=O)C(=O)OC(C)C1OCC(C)C. The average Bonchev–Trinajstić information content (AvgIpc) is 3.42. The number of methoxy groups -OCH3 is 2. The summed E-state index contributed by atoms with van der Waals surface area (Å²) in [4.78, 5) is 75.1. The van der Waals surface area contributed by atoms with E-state index in [4.69, 9.17) is 56.8 Å². The van der Waals surface area contributed by atoms with Crippen molar-refractivity contribution >= 4 is 29.7 Å². The molecule has 2 aliphatic heterocycles. The molecule has 22 nitrogen and oxygen atoms in total. The number of hydrogen-bond acceptors (Lipinski definition) is 20. The molecule has 0 radical (unpaired) electrons. The highest BCUT2D eigenvalue weighted by molar-refractivity contribution is 5.98. The molecule has 9 atom stereocenters. The van der Waals surface area contributed by atoms with Gasteiger partial charge >= 0.3 is 17.9 Å². The fraction of sp³-hybridized carbons (Fsp3) is 0.706. The van der Waals surface area contributed by atoms with Crippen LogP contribution in [-0.4, -0.2) is 165 Å². The quantitative estimate of drug-likeness (QED) is 0.0718. The minimum Gasteiger partial charge on any atom is -0.503 e. The van der Waals surface area contributed by atoms with Crippen molar-refractivity contribution in [2.75, 3.05) is 60.7 Å². The summed E-state index contributed by atoms with van der Waals surface area (Å²) in [7, 11) is 2.69. The van der Waals surface area contributed by atoms with Gasteiger partial charge in [0.15, 0.2) is 46.5 Å². The lowest BCUT2D eigenvalue weighted by atomic mass is 9.91. The zero-order valence-corrected chi connectivity index (χ0v) is 44.6. The molecule has 2 fully saturated rings. The summed E-state index contributed by atoms with van der Waals surface area (Å²) in [6.07, 6.45) is -1.06. The molecule has 0 spiro atoms. The van der Waals surface area contributed by atoms with Gasteiger partial charge in [0, 0.05) is 44.7 Å². The number of ether oxygens (including phenoxy) is 12. The van der Waals surface area contributed by atoms with E-state index >= 15 is 0 Å². The molecule has 0 aromatic carbocycles. The molecule has 2 aromatic rings. The molecule has 410 valence electrons. The second kappa shape index (κ2) is 28.3. The van der Waals surface area contributed by atoms with Gasteiger partial charge in [-0.15, -0.1) is 0 Å². The highest BCUT2D eigenvalue weighted by atomic mass is 16.7. The van der Waals surface area contributed by atoms with Crippen LogP contribution in [0.3, 0.4) is 0 Å². The molecular formula is C51H78N4O18. The minimum absolute atomic E-state index is 0.0184. The summed E-state index contributed by atoms with van der Waals surface area (Å²) < 4.78 is 72.4. The molecule has 0 saturated carbocycles. The molecule has 0 aliphatic carbocycles. The van der Waals surface area contributed by atoms with Gasteiger partial charge in [-0.05, 0) is 65.2 Å². The number of esters is 3. The lowest BCUT2D eigenvalue weighted by Crippen LogP contribution is -2.51. The number of aromatic nitrogens is 2. The monoisotopic (exact) mass is 1030 g/mol. The van der Waals surface area contributed by atoms with Gasteiger partial charge in [-0.2, -0.15) is 0 Å². The van der Waals surface area contributed by atoms with Crippen LogP contribution in [0.4, 0.5) is 0 Å². The Labute approximate surface area is 428 Å². The Kier molecular flexibility index (Phi) is 23.3. The molecule has 4 rings (SSSR count). The first-order valence-corrected chi connectivity index (χ1v) is 24.8. The number of hydrogen-bond donors (Lipinski definition) is 3. The van der Waals surface area contributed by atoms with Crippen molar-refractivity contribution in [3.63, 3.8) is 0 Å². The van der Waals surface area contributed by atoms with E-state index in [2.05, 4.69) is 20.6 Å². The first-order valence-electron chi connectivity index (χ1n) is 24.8. The molecular weight excluding hydrogens is 957 g/mol. The molecule has 3 N–H and O–H groups in total. The topological polar surface area (TPSA) is 266 Å². The lowest BCUT2D eigenvalue weighted by molar-refractivity contribution is -0.207. The maximum absolute atomic E-state index is 14.3. The number of carbonyl (C=O) groups is 5. The highest BCUT2D eigenvalue weighted by Gasteiger charge is 2.44. The van der Waals surface area contributed by atoms with Crippen molar-refractivity contribution in [1.82, 2.24) is 20.6 Å². The van der Waals surface area contributed by atoms with E-state index < -0.39 is 102 Å². The zero-order chi connectivity index (χ0) is 54.0.